The van der Waals surface area contributed by atoms with E-state index in [-0.39, 0.29) is 27.9 Å². The lowest BCUT2D eigenvalue weighted by molar-refractivity contribution is -0.385. The van der Waals surface area contributed by atoms with Gasteiger partial charge in [-0.15, -0.1) is 0 Å². The first-order chi connectivity index (χ1) is 7.51. The van der Waals surface area contributed by atoms with Gasteiger partial charge in [-0.2, -0.15) is 5.26 Å². The van der Waals surface area contributed by atoms with Crippen LogP contribution in [0.4, 0.5) is 5.69 Å². The third-order valence-corrected chi connectivity index (χ3v) is 2.94. The highest BCUT2D eigenvalue weighted by Crippen LogP contribution is 2.25. The summed E-state index contributed by atoms with van der Waals surface area (Å²) >= 11 is 4.84. The van der Waals surface area contributed by atoms with Crippen LogP contribution in [-0.4, -0.2) is 16.0 Å². The minimum absolute atomic E-state index is 0.0267. The normalized spacial score (nSPS) is 9.56. The average molecular weight is 395 g/mol. The van der Waals surface area contributed by atoms with E-state index in [4.69, 9.17) is 5.26 Å². The van der Waals surface area contributed by atoms with Crippen LogP contribution in [0.5, 0.6) is 0 Å². The maximum atomic E-state index is 11.5. The highest BCUT2D eigenvalue weighted by molar-refractivity contribution is 14.1. The van der Waals surface area contributed by atoms with Crippen LogP contribution in [0.25, 0.3) is 0 Å². The van der Waals surface area contributed by atoms with Gasteiger partial charge in [0.25, 0.3) is 5.69 Å². The third-order valence-electron chi connectivity index (χ3n) is 1.81. The van der Waals surface area contributed by atoms with Gasteiger partial charge in [-0.1, -0.05) is 15.9 Å². The molecule has 7 heteroatoms. The number of hydrogen-bond acceptors (Lipinski definition) is 4. The van der Waals surface area contributed by atoms with Crippen molar-refractivity contribution < 1.29 is 9.72 Å². The standard InChI is InChI=1S/C9H4BrIN2O3/c10-3-9(14)6-1-5(11)2-8(13(15)16)7(6)4-12/h1-2H,3H2. The van der Waals surface area contributed by atoms with Crippen molar-refractivity contribution in [1.29, 1.82) is 5.26 Å². The van der Waals surface area contributed by atoms with Crippen LogP contribution in [0.1, 0.15) is 15.9 Å². The number of nitrogens with zero attached hydrogens (tertiary/aromatic N) is 2. The Bertz CT molecular complexity index is 510. The summed E-state index contributed by atoms with van der Waals surface area (Å²) < 4.78 is 0.549. The van der Waals surface area contributed by atoms with E-state index in [1.54, 1.807) is 6.07 Å². The summed E-state index contributed by atoms with van der Waals surface area (Å²) in [5, 5.41) is 19.6. The van der Waals surface area contributed by atoms with Gasteiger partial charge in [0, 0.05) is 15.2 Å². The molecule has 0 saturated heterocycles. The molecule has 0 unspecified atom stereocenters. The second-order valence-electron chi connectivity index (χ2n) is 2.77. The van der Waals surface area contributed by atoms with Crippen molar-refractivity contribution in [3.05, 3.63) is 36.9 Å². The van der Waals surface area contributed by atoms with Crippen molar-refractivity contribution in [3.8, 4) is 6.07 Å². The molecule has 0 radical (unpaired) electrons. The lowest BCUT2D eigenvalue weighted by Gasteiger charge is -2.02. The van der Waals surface area contributed by atoms with Gasteiger partial charge >= 0.3 is 0 Å². The fourth-order valence-corrected chi connectivity index (χ4v) is 2.05. The van der Waals surface area contributed by atoms with Crippen LogP contribution in [0.2, 0.25) is 0 Å². The topological polar surface area (TPSA) is 84.0 Å². The van der Waals surface area contributed by atoms with Crippen LogP contribution in [-0.2, 0) is 0 Å². The number of ketones is 1. The molecule has 5 nitrogen and oxygen atoms in total. The van der Waals surface area contributed by atoms with Crippen molar-refractivity contribution in [1.82, 2.24) is 0 Å². The van der Waals surface area contributed by atoms with Gasteiger partial charge < -0.3 is 0 Å². The van der Waals surface area contributed by atoms with Crippen molar-refractivity contribution in [2.75, 3.05) is 5.33 Å². The Balaban J connectivity index is 3.56. The zero-order valence-corrected chi connectivity index (χ0v) is 11.5. The molecule has 1 aromatic rings. The number of rotatable bonds is 3. The number of nitriles is 1. The molecule has 1 rings (SSSR count). The Kier molecular flexibility index (Phi) is 4.37. The number of nitro benzene ring substituents is 1. The molecule has 0 aromatic heterocycles. The van der Waals surface area contributed by atoms with Crippen molar-refractivity contribution in [2.45, 2.75) is 0 Å². The van der Waals surface area contributed by atoms with Crippen molar-refractivity contribution in [2.24, 2.45) is 0 Å². The fraction of sp³-hybridized carbons (Fsp3) is 0.111. The summed E-state index contributed by atoms with van der Waals surface area (Å²) in [5.74, 6) is -0.349. The van der Waals surface area contributed by atoms with Gasteiger partial charge in [-0.05, 0) is 28.7 Å². The Morgan fingerprint density at radius 1 is 1.62 bits per heavy atom. The van der Waals surface area contributed by atoms with E-state index in [1.165, 1.54) is 12.1 Å². The molecule has 0 aliphatic rings. The van der Waals surface area contributed by atoms with Gasteiger partial charge in [0.2, 0.25) is 0 Å². The molecular formula is C9H4BrIN2O3. The van der Waals surface area contributed by atoms with Crippen molar-refractivity contribution in [3.63, 3.8) is 0 Å². The molecular weight excluding hydrogens is 391 g/mol. The van der Waals surface area contributed by atoms with Gasteiger partial charge in [0.1, 0.15) is 11.6 Å². The third kappa shape index (κ3) is 2.56. The highest BCUT2D eigenvalue weighted by atomic mass is 127. The molecule has 0 heterocycles. The van der Waals surface area contributed by atoms with Gasteiger partial charge in [-0.3, -0.25) is 14.9 Å². The molecule has 0 bridgehead atoms. The van der Waals surface area contributed by atoms with Gasteiger partial charge in [0.05, 0.1) is 10.3 Å². The molecule has 0 aliphatic carbocycles. The maximum Gasteiger partial charge on any atom is 0.288 e. The molecule has 16 heavy (non-hydrogen) atoms. The number of nitro groups is 1. The summed E-state index contributed by atoms with van der Waals surface area (Å²) in [4.78, 5) is 21.6. The zero-order valence-electron chi connectivity index (χ0n) is 7.74. The SMILES string of the molecule is N#Cc1c(C(=O)CBr)cc(I)cc1[N+](=O)[O-]. The predicted molar refractivity (Wildman–Crippen MR) is 68.7 cm³/mol. The monoisotopic (exact) mass is 394 g/mol. The van der Waals surface area contributed by atoms with E-state index >= 15 is 0 Å². The Morgan fingerprint density at radius 2 is 2.25 bits per heavy atom. The van der Waals surface area contributed by atoms with E-state index < -0.39 is 4.92 Å². The molecule has 0 saturated carbocycles. The molecule has 0 fully saturated rings. The number of carbonyl (C=O) groups excluding carboxylic acids is 1. The Labute approximate surface area is 113 Å². The van der Waals surface area contributed by atoms with Crippen LogP contribution in [0, 0.1) is 25.0 Å². The molecule has 1 aromatic carbocycles. The second-order valence-corrected chi connectivity index (χ2v) is 4.58. The summed E-state index contributed by atoms with van der Waals surface area (Å²) in [6.45, 7) is 0. The smallest absolute Gasteiger partial charge is 0.288 e. The van der Waals surface area contributed by atoms with E-state index in [0.29, 0.717) is 3.57 Å². The summed E-state index contributed by atoms with van der Waals surface area (Å²) in [6, 6.07) is 4.44. The lowest BCUT2D eigenvalue weighted by Crippen LogP contribution is -2.06. The van der Waals surface area contributed by atoms with E-state index in [1.807, 2.05) is 22.6 Å². The largest absolute Gasteiger partial charge is 0.293 e. The molecule has 0 N–H and O–H groups in total. The number of carbonyl (C=O) groups is 1. The first-order valence-corrected chi connectivity index (χ1v) is 6.18. The fourth-order valence-electron chi connectivity index (χ4n) is 1.15. The number of halogens is 2. The Morgan fingerprint density at radius 3 is 2.69 bits per heavy atom. The molecule has 0 atom stereocenters. The van der Waals surface area contributed by atoms with E-state index in [2.05, 4.69) is 15.9 Å². The average Bonchev–Trinajstić information content (AvgIpc) is 2.26. The number of benzene rings is 1. The quantitative estimate of drug-likeness (QED) is 0.259. The maximum absolute atomic E-state index is 11.5. The van der Waals surface area contributed by atoms with Crippen molar-refractivity contribution >= 4 is 50.0 Å². The zero-order chi connectivity index (χ0) is 12.3. The van der Waals surface area contributed by atoms with Crippen LogP contribution in [0.15, 0.2) is 12.1 Å². The highest BCUT2D eigenvalue weighted by Gasteiger charge is 2.22. The first kappa shape index (κ1) is 13.1. The van der Waals surface area contributed by atoms with Gasteiger partial charge in [0.15, 0.2) is 5.78 Å². The second kappa shape index (κ2) is 5.36. The Hall–Kier alpha value is -1.01. The number of Topliss-reactive ketones (excluding diaryl/α,β-unsaturated/α-hetero) is 1. The summed E-state index contributed by atoms with van der Waals surface area (Å²) in [5.41, 5.74) is -0.438. The first-order valence-electron chi connectivity index (χ1n) is 3.98. The number of hydrogen-bond donors (Lipinski definition) is 0. The molecule has 0 aliphatic heterocycles. The minimum Gasteiger partial charge on any atom is -0.293 e. The van der Waals surface area contributed by atoms with E-state index in [0.717, 1.165) is 0 Å². The van der Waals surface area contributed by atoms with Crippen LogP contribution < -0.4 is 0 Å². The molecule has 0 spiro atoms. The van der Waals surface area contributed by atoms with E-state index in [9.17, 15) is 14.9 Å². The van der Waals surface area contributed by atoms with Crippen LogP contribution in [0.3, 0.4) is 0 Å². The molecule has 82 valence electrons. The lowest BCUT2D eigenvalue weighted by atomic mass is 10.0. The number of alkyl halides is 1. The summed E-state index contributed by atoms with van der Waals surface area (Å²) in [7, 11) is 0. The van der Waals surface area contributed by atoms with Crippen LogP contribution >= 0.6 is 38.5 Å². The summed E-state index contributed by atoms with van der Waals surface area (Å²) in [6.07, 6.45) is 0. The predicted octanol–water partition coefficient (Wildman–Crippen LogP) is 2.65. The minimum atomic E-state index is -0.661. The molecule has 0 amide bonds. The van der Waals surface area contributed by atoms with Gasteiger partial charge in [-0.25, -0.2) is 0 Å².